The molecule has 1 heterocycles. The van der Waals surface area contributed by atoms with Gasteiger partial charge in [-0.3, -0.25) is 4.79 Å². The maximum absolute atomic E-state index is 11.2. The molecule has 128 valence electrons. The van der Waals surface area contributed by atoms with Crippen LogP contribution < -0.4 is 10.5 Å². The highest BCUT2D eigenvalue weighted by Gasteiger charge is 2.45. The largest absolute Gasteiger partial charge is 0.497 e. The smallest absolute Gasteiger partial charge is 0.243 e. The van der Waals surface area contributed by atoms with Crippen LogP contribution in [0.4, 0.5) is 0 Å². The molecule has 1 saturated heterocycles. The topological polar surface area (TPSA) is 64.8 Å². The molecule has 2 rings (SSSR count). The standard InChI is InChI=1S/C18H28N2O3/c1-12-6-7-14(22-5)10-15(12)18(3)8-9-20(4)13(2)17(18)23-11-16(19)21/h6-7,10,13,17H,8-9,11H2,1-5H3,(H2,19,21)/t13?,17-,18+/m0/s1. The molecule has 1 unspecified atom stereocenters. The lowest BCUT2D eigenvalue weighted by molar-refractivity contribution is -0.131. The molecular weight excluding hydrogens is 292 g/mol. The summed E-state index contributed by atoms with van der Waals surface area (Å²) in [5.41, 5.74) is 7.52. The van der Waals surface area contributed by atoms with E-state index in [4.69, 9.17) is 15.2 Å². The number of nitrogens with two attached hydrogens (primary N) is 1. The molecule has 1 aromatic rings. The molecule has 1 aliphatic rings. The lowest BCUT2D eigenvalue weighted by atomic mass is 9.68. The number of likely N-dealkylation sites (tertiary alicyclic amines) is 1. The number of carbonyl (C=O) groups excluding carboxylic acids is 1. The molecule has 0 bridgehead atoms. The van der Waals surface area contributed by atoms with Gasteiger partial charge < -0.3 is 20.1 Å². The Labute approximate surface area is 138 Å². The molecule has 1 amide bonds. The molecule has 1 fully saturated rings. The van der Waals surface area contributed by atoms with E-state index in [0.29, 0.717) is 0 Å². The number of rotatable bonds is 5. The number of methoxy groups -OCH3 is 1. The second kappa shape index (κ2) is 6.89. The predicted molar refractivity (Wildman–Crippen MR) is 90.7 cm³/mol. The number of primary amides is 1. The van der Waals surface area contributed by atoms with Gasteiger partial charge in [-0.15, -0.1) is 0 Å². The second-order valence-electron chi connectivity index (χ2n) is 6.77. The average Bonchev–Trinajstić information content (AvgIpc) is 2.51. The third-order valence-corrected chi connectivity index (χ3v) is 5.21. The number of piperidine rings is 1. The van der Waals surface area contributed by atoms with Gasteiger partial charge in [0.05, 0.1) is 13.2 Å². The molecule has 0 radical (unpaired) electrons. The molecule has 3 atom stereocenters. The normalized spacial score (nSPS) is 28.6. The highest BCUT2D eigenvalue weighted by molar-refractivity contribution is 5.75. The van der Waals surface area contributed by atoms with Gasteiger partial charge in [0.25, 0.3) is 0 Å². The number of hydrogen-bond donors (Lipinski definition) is 1. The van der Waals surface area contributed by atoms with Crippen molar-refractivity contribution in [2.24, 2.45) is 5.73 Å². The van der Waals surface area contributed by atoms with Gasteiger partial charge in [-0.1, -0.05) is 13.0 Å². The van der Waals surface area contributed by atoms with E-state index in [9.17, 15) is 4.79 Å². The lowest BCUT2D eigenvalue weighted by Crippen LogP contribution is -2.58. The minimum atomic E-state index is -0.435. The van der Waals surface area contributed by atoms with E-state index >= 15 is 0 Å². The first kappa shape index (κ1) is 17.8. The summed E-state index contributed by atoms with van der Waals surface area (Å²) in [6.07, 6.45) is 0.838. The van der Waals surface area contributed by atoms with Crippen molar-refractivity contribution >= 4 is 5.91 Å². The SMILES string of the molecule is COc1ccc(C)c([C@@]2(C)CCN(C)C(C)[C@@H]2OCC(N)=O)c1. The molecule has 1 aromatic carbocycles. The molecule has 23 heavy (non-hydrogen) atoms. The van der Waals surface area contributed by atoms with E-state index in [-0.39, 0.29) is 24.2 Å². The molecule has 0 spiro atoms. The first-order valence-corrected chi connectivity index (χ1v) is 8.05. The molecule has 5 heteroatoms. The minimum absolute atomic E-state index is 0.0541. The Balaban J connectivity index is 2.43. The second-order valence-corrected chi connectivity index (χ2v) is 6.77. The fraction of sp³-hybridized carbons (Fsp3) is 0.611. The van der Waals surface area contributed by atoms with Crippen LogP contribution in [0.3, 0.4) is 0 Å². The van der Waals surface area contributed by atoms with Gasteiger partial charge in [-0.25, -0.2) is 0 Å². The molecule has 0 aromatic heterocycles. The highest BCUT2D eigenvalue weighted by atomic mass is 16.5. The molecular formula is C18H28N2O3. The Morgan fingerprint density at radius 3 is 2.78 bits per heavy atom. The number of benzene rings is 1. The van der Waals surface area contributed by atoms with Crippen LogP contribution in [0.5, 0.6) is 5.75 Å². The van der Waals surface area contributed by atoms with Crippen LogP contribution in [-0.2, 0) is 14.9 Å². The third kappa shape index (κ3) is 3.51. The van der Waals surface area contributed by atoms with Crippen molar-refractivity contribution in [3.63, 3.8) is 0 Å². The van der Waals surface area contributed by atoms with Crippen LogP contribution in [0.25, 0.3) is 0 Å². The average molecular weight is 320 g/mol. The quantitative estimate of drug-likeness (QED) is 0.899. The predicted octanol–water partition coefficient (Wildman–Crippen LogP) is 1.86. The van der Waals surface area contributed by atoms with Crippen molar-refractivity contribution in [3.05, 3.63) is 29.3 Å². The molecule has 0 saturated carbocycles. The summed E-state index contributed by atoms with van der Waals surface area (Å²) in [5, 5.41) is 0. The van der Waals surface area contributed by atoms with E-state index in [1.165, 1.54) is 11.1 Å². The summed E-state index contributed by atoms with van der Waals surface area (Å²) in [6, 6.07) is 6.33. The zero-order valence-corrected chi connectivity index (χ0v) is 14.8. The number of nitrogens with zero attached hydrogens (tertiary/aromatic N) is 1. The number of aryl methyl sites for hydroxylation is 1. The number of ether oxygens (including phenoxy) is 2. The Morgan fingerprint density at radius 1 is 1.48 bits per heavy atom. The Bertz CT molecular complexity index is 575. The Kier molecular flexibility index (Phi) is 5.32. The molecule has 1 aliphatic heterocycles. The molecule has 0 aliphatic carbocycles. The summed E-state index contributed by atoms with van der Waals surface area (Å²) in [7, 11) is 3.76. The van der Waals surface area contributed by atoms with Gasteiger partial charge >= 0.3 is 0 Å². The van der Waals surface area contributed by atoms with Crippen LogP contribution in [0, 0.1) is 6.92 Å². The van der Waals surface area contributed by atoms with Crippen molar-refractivity contribution < 1.29 is 14.3 Å². The zero-order chi connectivity index (χ0) is 17.2. The van der Waals surface area contributed by atoms with Gasteiger partial charge in [0.2, 0.25) is 5.91 Å². The lowest BCUT2D eigenvalue weighted by Gasteiger charge is -2.49. The first-order chi connectivity index (χ1) is 10.8. The van der Waals surface area contributed by atoms with E-state index in [1.54, 1.807) is 7.11 Å². The van der Waals surface area contributed by atoms with Gasteiger partial charge in [-0.2, -0.15) is 0 Å². The number of hydrogen-bond acceptors (Lipinski definition) is 4. The van der Waals surface area contributed by atoms with Crippen LogP contribution >= 0.6 is 0 Å². The van der Waals surface area contributed by atoms with Crippen molar-refractivity contribution in [1.29, 1.82) is 0 Å². The number of likely N-dealkylation sites (N-methyl/N-ethyl adjacent to an activating group) is 1. The van der Waals surface area contributed by atoms with Crippen molar-refractivity contribution in [2.45, 2.75) is 44.8 Å². The molecule has 2 N–H and O–H groups in total. The van der Waals surface area contributed by atoms with Gasteiger partial charge in [0.1, 0.15) is 12.4 Å². The summed E-state index contributed by atoms with van der Waals surface area (Å²) in [4.78, 5) is 13.5. The third-order valence-electron chi connectivity index (χ3n) is 5.21. The first-order valence-electron chi connectivity index (χ1n) is 8.05. The van der Waals surface area contributed by atoms with Crippen LogP contribution in [0.1, 0.15) is 31.4 Å². The Morgan fingerprint density at radius 2 is 2.17 bits per heavy atom. The maximum Gasteiger partial charge on any atom is 0.243 e. The monoisotopic (exact) mass is 320 g/mol. The minimum Gasteiger partial charge on any atom is -0.497 e. The fourth-order valence-electron chi connectivity index (χ4n) is 3.64. The number of amides is 1. The van der Waals surface area contributed by atoms with Crippen LogP contribution in [0.15, 0.2) is 18.2 Å². The van der Waals surface area contributed by atoms with Crippen LogP contribution in [-0.4, -0.2) is 50.3 Å². The van der Waals surface area contributed by atoms with E-state index in [1.807, 2.05) is 6.07 Å². The zero-order valence-electron chi connectivity index (χ0n) is 14.8. The highest BCUT2D eigenvalue weighted by Crippen LogP contribution is 2.42. The van der Waals surface area contributed by atoms with Crippen molar-refractivity contribution in [2.75, 3.05) is 27.3 Å². The summed E-state index contributed by atoms with van der Waals surface area (Å²) in [6.45, 7) is 7.38. The molecule has 5 nitrogen and oxygen atoms in total. The summed E-state index contributed by atoms with van der Waals surface area (Å²) >= 11 is 0. The van der Waals surface area contributed by atoms with Gasteiger partial charge in [0.15, 0.2) is 0 Å². The van der Waals surface area contributed by atoms with Crippen molar-refractivity contribution in [3.8, 4) is 5.75 Å². The van der Waals surface area contributed by atoms with Gasteiger partial charge in [0, 0.05) is 11.5 Å². The van der Waals surface area contributed by atoms with E-state index < -0.39 is 5.91 Å². The van der Waals surface area contributed by atoms with Crippen LogP contribution in [0.2, 0.25) is 0 Å². The van der Waals surface area contributed by atoms with Crippen molar-refractivity contribution in [1.82, 2.24) is 4.90 Å². The summed E-state index contributed by atoms with van der Waals surface area (Å²) < 4.78 is 11.4. The van der Waals surface area contributed by atoms with E-state index in [2.05, 4.69) is 44.9 Å². The van der Waals surface area contributed by atoms with E-state index in [0.717, 1.165) is 18.7 Å². The fourth-order valence-corrected chi connectivity index (χ4v) is 3.64. The summed E-state index contributed by atoms with van der Waals surface area (Å²) in [5.74, 6) is 0.405. The maximum atomic E-state index is 11.2. The Hall–Kier alpha value is -1.59. The van der Waals surface area contributed by atoms with Gasteiger partial charge in [-0.05, 0) is 57.1 Å². The number of carbonyl (C=O) groups is 1.